The van der Waals surface area contributed by atoms with Crippen molar-refractivity contribution >= 4 is 11.7 Å². The SMILES string of the molecule is CC(C)c1cc(C(=O)N(CCC#N)C(C)C)cc(N)n1. The molecule has 1 rings (SSSR count). The van der Waals surface area contributed by atoms with E-state index in [-0.39, 0.29) is 17.9 Å². The van der Waals surface area contributed by atoms with E-state index in [0.717, 1.165) is 5.69 Å². The van der Waals surface area contributed by atoms with Crippen molar-refractivity contribution in [2.75, 3.05) is 12.3 Å². The number of rotatable bonds is 5. The van der Waals surface area contributed by atoms with E-state index in [0.29, 0.717) is 24.3 Å². The van der Waals surface area contributed by atoms with Crippen LogP contribution in [0.15, 0.2) is 12.1 Å². The Kier molecular flexibility index (Phi) is 5.51. The molecule has 0 aromatic carbocycles. The molecule has 0 atom stereocenters. The largest absolute Gasteiger partial charge is 0.384 e. The van der Waals surface area contributed by atoms with Gasteiger partial charge in [-0.1, -0.05) is 13.8 Å². The number of carbonyl (C=O) groups is 1. The fourth-order valence-corrected chi connectivity index (χ4v) is 1.92. The van der Waals surface area contributed by atoms with Gasteiger partial charge < -0.3 is 10.6 Å². The van der Waals surface area contributed by atoms with Crippen LogP contribution in [0.2, 0.25) is 0 Å². The van der Waals surface area contributed by atoms with Gasteiger partial charge in [0, 0.05) is 23.8 Å². The topological polar surface area (TPSA) is 83.0 Å². The molecule has 0 fully saturated rings. The minimum Gasteiger partial charge on any atom is -0.384 e. The Morgan fingerprint density at radius 2 is 2.05 bits per heavy atom. The summed E-state index contributed by atoms with van der Waals surface area (Å²) in [5.41, 5.74) is 7.12. The lowest BCUT2D eigenvalue weighted by Gasteiger charge is -2.26. The summed E-state index contributed by atoms with van der Waals surface area (Å²) < 4.78 is 0. The zero-order valence-corrected chi connectivity index (χ0v) is 12.6. The van der Waals surface area contributed by atoms with Gasteiger partial charge in [-0.3, -0.25) is 4.79 Å². The van der Waals surface area contributed by atoms with Gasteiger partial charge in [0.25, 0.3) is 5.91 Å². The van der Waals surface area contributed by atoms with Crippen molar-refractivity contribution in [3.63, 3.8) is 0 Å². The van der Waals surface area contributed by atoms with Crippen LogP contribution in [0.3, 0.4) is 0 Å². The van der Waals surface area contributed by atoms with Gasteiger partial charge in [0.15, 0.2) is 0 Å². The van der Waals surface area contributed by atoms with Gasteiger partial charge in [0.2, 0.25) is 0 Å². The van der Waals surface area contributed by atoms with Gasteiger partial charge in [0.05, 0.1) is 12.5 Å². The summed E-state index contributed by atoms with van der Waals surface area (Å²) in [6, 6.07) is 5.48. The molecule has 1 aromatic rings. The third-order valence-corrected chi connectivity index (χ3v) is 3.05. The second-order valence-corrected chi connectivity index (χ2v) is 5.36. The summed E-state index contributed by atoms with van der Waals surface area (Å²) in [7, 11) is 0. The molecular weight excluding hydrogens is 252 g/mol. The minimum absolute atomic E-state index is 0.0349. The molecule has 5 nitrogen and oxygen atoms in total. The van der Waals surface area contributed by atoms with E-state index in [2.05, 4.69) is 11.1 Å². The number of pyridine rings is 1. The van der Waals surface area contributed by atoms with E-state index in [1.807, 2.05) is 27.7 Å². The lowest BCUT2D eigenvalue weighted by Crippen LogP contribution is -2.37. The van der Waals surface area contributed by atoms with E-state index in [1.54, 1.807) is 17.0 Å². The molecule has 0 aliphatic carbocycles. The maximum absolute atomic E-state index is 12.6. The van der Waals surface area contributed by atoms with Crippen molar-refractivity contribution in [2.24, 2.45) is 0 Å². The number of anilines is 1. The van der Waals surface area contributed by atoms with E-state index in [4.69, 9.17) is 11.0 Å². The summed E-state index contributed by atoms with van der Waals surface area (Å²) in [6.45, 7) is 8.30. The molecule has 0 aliphatic heterocycles. The number of nitrogen functional groups attached to an aromatic ring is 1. The van der Waals surface area contributed by atoms with Crippen molar-refractivity contribution < 1.29 is 4.79 Å². The third-order valence-electron chi connectivity index (χ3n) is 3.05. The van der Waals surface area contributed by atoms with Crippen LogP contribution in [0.1, 0.15) is 56.1 Å². The normalized spacial score (nSPS) is 10.7. The van der Waals surface area contributed by atoms with Crippen molar-refractivity contribution in [3.8, 4) is 6.07 Å². The Bertz CT molecular complexity index is 517. The van der Waals surface area contributed by atoms with E-state index in [1.165, 1.54) is 0 Å². The maximum atomic E-state index is 12.6. The van der Waals surface area contributed by atoms with Crippen molar-refractivity contribution in [1.82, 2.24) is 9.88 Å². The number of nitrogens with two attached hydrogens (primary N) is 1. The van der Waals surface area contributed by atoms with Crippen LogP contribution in [0.5, 0.6) is 0 Å². The maximum Gasteiger partial charge on any atom is 0.254 e. The highest BCUT2D eigenvalue weighted by Crippen LogP contribution is 2.18. The van der Waals surface area contributed by atoms with Gasteiger partial charge in [-0.25, -0.2) is 4.98 Å². The third kappa shape index (κ3) is 3.95. The summed E-state index contributed by atoms with van der Waals surface area (Å²) in [5.74, 6) is 0.450. The van der Waals surface area contributed by atoms with Crippen LogP contribution in [0, 0.1) is 11.3 Å². The first-order valence-electron chi connectivity index (χ1n) is 6.82. The lowest BCUT2D eigenvalue weighted by atomic mass is 10.1. The number of aromatic nitrogens is 1. The lowest BCUT2D eigenvalue weighted by molar-refractivity contribution is 0.0710. The van der Waals surface area contributed by atoms with Gasteiger partial charge in [0.1, 0.15) is 5.82 Å². The molecule has 1 heterocycles. The predicted octanol–water partition coefficient (Wildman–Crippen LogP) is 2.55. The number of hydrogen-bond donors (Lipinski definition) is 1. The molecule has 0 aliphatic rings. The molecule has 2 N–H and O–H groups in total. The van der Waals surface area contributed by atoms with Crippen molar-refractivity contribution in [1.29, 1.82) is 5.26 Å². The number of nitrogens with zero attached hydrogens (tertiary/aromatic N) is 3. The summed E-state index contributed by atoms with van der Waals surface area (Å²) in [5, 5.41) is 8.69. The highest BCUT2D eigenvalue weighted by atomic mass is 16.2. The standard InChI is InChI=1S/C15H22N4O/c1-10(2)13-8-12(9-14(17)18-13)15(20)19(11(3)4)7-5-6-16/h8-11H,5,7H2,1-4H3,(H2,17,18). The van der Waals surface area contributed by atoms with E-state index < -0.39 is 0 Å². The van der Waals surface area contributed by atoms with Crippen LogP contribution in [0.25, 0.3) is 0 Å². The van der Waals surface area contributed by atoms with Crippen LogP contribution < -0.4 is 5.73 Å². The molecule has 1 amide bonds. The van der Waals surface area contributed by atoms with E-state index >= 15 is 0 Å². The van der Waals surface area contributed by atoms with Gasteiger partial charge in [-0.05, 0) is 31.9 Å². The summed E-state index contributed by atoms with van der Waals surface area (Å²) in [4.78, 5) is 18.5. The number of carbonyl (C=O) groups excluding carboxylic acids is 1. The average molecular weight is 274 g/mol. The molecule has 0 saturated carbocycles. The number of nitriles is 1. The fourth-order valence-electron chi connectivity index (χ4n) is 1.92. The first-order valence-corrected chi connectivity index (χ1v) is 6.82. The summed E-state index contributed by atoms with van der Waals surface area (Å²) >= 11 is 0. The Balaban J connectivity index is 3.08. The van der Waals surface area contributed by atoms with Gasteiger partial charge in [-0.15, -0.1) is 0 Å². The molecule has 0 bridgehead atoms. The fraction of sp³-hybridized carbons (Fsp3) is 0.533. The molecule has 0 spiro atoms. The first kappa shape index (κ1) is 16.0. The van der Waals surface area contributed by atoms with Crippen LogP contribution in [-0.2, 0) is 0 Å². The zero-order valence-electron chi connectivity index (χ0n) is 12.6. The smallest absolute Gasteiger partial charge is 0.254 e. The molecule has 0 radical (unpaired) electrons. The average Bonchev–Trinajstić information content (AvgIpc) is 2.37. The van der Waals surface area contributed by atoms with Crippen molar-refractivity contribution in [3.05, 3.63) is 23.4 Å². The summed E-state index contributed by atoms with van der Waals surface area (Å²) in [6.07, 6.45) is 0.321. The number of hydrogen-bond acceptors (Lipinski definition) is 4. The molecule has 5 heteroatoms. The minimum atomic E-state index is -0.105. The van der Waals surface area contributed by atoms with Crippen LogP contribution >= 0.6 is 0 Å². The zero-order chi connectivity index (χ0) is 15.3. The second-order valence-electron chi connectivity index (χ2n) is 5.36. The number of amides is 1. The molecule has 0 unspecified atom stereocenters. The first-order chi connectivity index (χ1) is 9.36. The molecule has 0 saturated heterocycles. The Morgan fingerprint density at radius 3 is 2.55 bits per heavy atom. The molecule has 20 heavy (non-hydrogen) atoms. The molecule has 108 valence electrons. The predicted molar refractivity (Wildman–Crippen MR) is 79.1 cm³/mol. The second kappa shape index (κ2) is 6.90. The monoisotopic (exact) mass is 274 g/mol. The Labute approximate surface area is 120 Å². The Hall–Kier alpha value is -2.09. The highest BCUT2D eigenvalue weighted by molar-refractivity contribution is 5.95. The van der Waals surface area contributed by atoms with E-state index in [9.17, 15) is 4.79 Å². The van der Waals surface area contributed by atoms with Gasteiger partial charge in [-0.2, -0.15) is 5.26 Å². The van der Waals surface area contributed by atoms with Crippen LogP contribution in [0.4, 0.5) is 5.82 Å². The van der Waals surface area contributed by atoms with Crippen molar-refractivity contribution in [2.45, 2.75) is 46.1 Å². The molecule has 1 aromatic heterocycles. The van der Waals surface area contributed by atoms with Gasteiger partial charge >= 0.3 is 0 Å². The molecular formula is C15H22N4O. The highest BCUT2D eigenvalue weighted by Gasteiger charge is 2.20. The Morgan fingerprint density at radius 1 is 1.40 bits per heavy atom. The quantitative estimate of drug-likeness (QED) is 0.894. The van der Waals surface area contributed by atoms with Crippen LogP contribution in [-0.4, -0.2) is 28.4 Å².